The van der Waals surface area contributed by atoms with Crippen LogP contribution < -0.4 is 10.1 Å². The molecule has 0 radical (unpaired) electrons. The molecule has 1 aromatic carbocycles. The van der Waals surface area contributed by atoms with Crippen molar-refractivity contribution in [3.8, 4) is 17.0 Å². The highest BCUT2D eigenvalue weighted by molar-refractivity contribution is 7.22. The standard InChI is InChI=1S/C19H14N4O2S/c1-25-16-8-3-2-6-12(16)13-9-10-15-18(21-13)26-19(22-15)23-17(24)14-7-4-5-11-20-14/h2-11H,1H3,(H,22,23,24). The average molecular weight is 362 g/mol. The zero-order chi connectivity index (χ0) is 17.9. The van der Waals surface area contributed by atoms with E-state index in [1.165, 1.54) is 11.3 Å². The predicted octanol–water partition coefficient (Wildman–Crippen LogP) is 4.01. The van der Waals surface area contributed by atoms with Gasteiger partial charge in [-0.25, -0.2) is 9.97 Å². The Morgan fingerprint density at radius 2 is 1.88 bits per heavy atom. The minimum atomic E-state index is -0.297. The molecule has 0 saturated heterocycles. The number of pyridine rings is 2. The van der Waals surface area contributed by atoms with Crippen LogP contribution in [0.15, 0.2) is 60.8 Å². The van der Waals surface area contributed by atoms with Crippen LogP contribution in [0.2, 0.25) is 0 Å². The molecule has 26 heavy (non-hydrogen) atoms. The van der Waals surface area contributed by atoms with Crippen molar-refractivity contribution in [3.63, 3.8) is 0 Å². The summed E-state index contributed by atoms with van der Waals surface area (Å²) in [5, 5.41) is 3.26. The number of methoxy groups -OCH3 is 1. The van der Waals surface area contributed by atoms with E-state index in [9.17, 15) is 4.79 Å². The number of thiazole rings is 1. The Kier molecular flexibility index (Phi) is 4.28. The van der Waals surface area contributed by atoms with Gasteiger partial charge in [-0.15, -0.1) is 0 Å². The van der Waals surface area contributed by atoms with Gasteiger partial charge in [0.05, 0.1) is 12.8 Å². The molecular weight excluding hydrogens is 348 g/mol. The van der Waals surface area contributed by atoms with Crippen LogP contribution in [-0.4, -0.2) is 28.0 Å². The number of nitrogens with zero attached hydrogens (tertiary/aromatic N) is 3. The predicted molar refractivity (Wildman–Crippen MR) is 102 cm³/mol. The fourth-order valence-electron chi connectivity index (χ4n) is 2.54. The van der Waals surface area contributed by atoms with Crippen molar-refractivity contribution in [3.05, 3.63) is 66.5 Å². The lowest BCUT2D eigenvalue weighted by Crippen LogP contribution is -2.12. The number of fused-ring (bicyclic) bond motifs is 1. The Hall–Kier alpha value is -3.32. The van der Waals surface area contributed by atoms with Crippen LogP contribution in [0.4, 0.5) is 5.13 Å². The second kappa shape index (κ2) is 6.89. The highest BCUT2D eigenvalue weighted by Crippen LogP contribution is 2.31. The first-order valence-corrected chi connectivity index (χ1v) is 8.69. The third-order valence-corrected chi connectivity index (χ3v) is 4.64. The maximum atomic E-state index is 12.2. The van der Waals surface area contributed by atoms with E-state index >= 15 is 0 Å². The lowest BCUT2D eigenvalue weighted by molar-refractivity contribution is 0.102. The Morgan fingerprint density at radius 3 is 2.69 bits per heavy atom. The maximum absolute atomic E-state index is 12.2. The molecule has 4 rings (SSSR count). The Bertz CT molecular complexity index is 1080. The van der Waals surface area contributed by atoms with Gasteiger partial charge in [0.15, 0.2) is 5.13 Å². The number of nitrogens with one attached hydrogen (secondary N) is 1. The summed E-state index contributed by atoms with van der Waals surface area (Å²) in [6, 6.07) is 16.7. The van der Waals surface area contributed by atoms with Crippen LogP contribution in [0.5, 0.6) is 5.75 Å². The smallest absolute Gasteiger partial charge is 0.276 e. The molecule has 1 amide bonds. The maximum Gasteiger partial charge on any atom is 0.276 e. The molecule has 0 aliphatic heterocycles. The Balaban J connectivity index is 1.65. The number of hydrogen-bond donors (Lipinski definition) is 1. The Morgan fingerprint density at radius 1 is 1.04 bits per heavy atom. The summed E-state index contributed by atoms with van der Waals surface area (Å²) < 4.78 is 5.40. The number of ether oxygens (including phenoxy) is 1. The molecule has 3 aromatic heterocycles. The molecule has 0 aliphatic rings. The van der Waals surface area contributed by atoms with E-state index in [0.29, 0.717) is 10.8 Å². The largest absolute Gasteiger partial charge is 0.496 e. The van der Waals surface area contributed by atoms with Crippen molar-refractivity contribution in [1.29, 1.82) is 0 Å². The minimum Gasteiger partial charge on any atom is -0.496 e. The zero-order valence-corrected chi connectivity index (χ0v) is 14.7. The summed E-state index contributed by atoms with van der Waals surface area (Å²) in [6.45, 7) is 0. The zero-order valence-electron chi connectivity index (χ0n) is 13.8. The molecule has 0 aliphatic carbocycles. The van der Waals surface area contributed by atoms with E-state index in [0.717, 1.165) is 27.4 Å². The summed E-state index contributed by atoms with van der Waals surface area (Å²) in [5.41, 5.74) is 2.77. The van der Waals surface area contributed by atoms with E-state index in [4.69, 9.17) is 4.74 Å². The van der Waals surface area contributed by atoms with Gasteiger partial charge < -0.3 is 4.74 Å². The number of benzene rings is 1. The molecule has 0 spiro atoms. The van der Waals surface area contributed by atoms with Gasteiger partial charge in [-0.3, -0.25) is 15.1 Å². The van der Waals surface area contributed by atoms with Gasteiger partial charge in [0.2, 0.25) is 0 Å². The van der Waals surface area contributed by atoms with E-state index in [1.807, 2.05) is 36.4 Å². The fourth-order valence-corrected chi connectivity index (χ4v) is 3.37. The summed E-state index contributed by atoms with van der Waals surface area (Å²) in [6.07, 6.45) is 1.58. The first kappa shape index (κ1) is 16.2. The van der Waals surface area contributed by atoms with Crippen LogP contribution in [0.3, 0.4) is 0 Å². The molecule has 0 fully saturated rings. The topological polar surface area (TPSA) is 77.0 Å². The normalized spacial score (nSPS) is 10.7. The monoisotopic (exact) mass is 362 g/mol. The number of carbonyl (C=O) groups excluding carboxylic acids is 1. The lowest BCUT2D eigenvalue weighted by Gasteiger charge is -2.06. The van der Waals surface area contributed by atoms with E-state index in [1.54, 1.807) is 31.5 Å². The van der Waals surface area contributed by atoms with Gasteiger partial charge in [-0.1, -0.05) is 29.5 Å². The minimum absolute atomic E-state index is 0.297. The summed E-state index contributed by atoms with van der Waals surface area (Å²) >= 11 is 1.32. The number of carbonyl (C=O) groups is 1. The molecule has 3 heterocycles. The number of anilines is 1. The number of para-hydroxylation sites is 1. The van der Waals surface area contributed by atoms with Crippen LogP contribution in [0, 0.1) is 0 Å². The molecule has 0 atom stereocenters. The van der Waals surface area contributed by atoms with E-state index in [2.05, 4.69) is 20.3 Å². The van der Waals surface area contributed by atoms with Crippen LogP contribution in [0.25, 0.3) is 21.6 Å². The lowest BCUT2D eigenvalue weighted by atomic mass is 10.1. The quantitative estimate of drug-likeness (QED) is 0.593. The molecular formula is C19H14N4O2S. The highest BCUT2D eigenvalue weighted by Gasteiger charge is 2.13. The fraction of sp³-hybridized carbons (Fsp3) is 0.0526. The summed E-state index contributed by atoms with van der Waals surface area (Å²) in [5.74, 6) is 0.460. The molecule has 128 valence electrons. The van der Waals surface area contributed by atoms with Gasteiger partial charge in [0.25, 0.3) is 5.91 Å². The summed E-state index contributed by atoms with van der Waals surface area (Å²) in [4.78, 5) is 26.1. The third kappa shape index (κ3) is 3.12. The molecule has 0 unspecified atom stereocenters. The highest BCUT2D eigenvalue weighted by atomic mass is 32.1. The SMILES string of the molecule is COc1ccccc1-c1ccc2nc(NC(=O)c3ccccn3)sc2n1. The van der Waals surface area contributed by atoms with Crippen LogP contribution >= 0.6 is 11.3 Å². The number of hydrogen-bond acceptors (Lipinski definition) is 6. The summed E-state index contributed by atoms with van der Waals surface area (Å²) in [7, 11) is 1.63. The second-order valence-electron chi connectivity index (χ2n) is 5.41. The number of rotatable bonds is 4. The first-order chi connectivity index (χ1) is 12.7. The first-order valence-electron chi connectivity index (χ1n) is 7.88. The van der Waals surface area contributed by atoms with Gasteiger partial charge in [-0.2, -0.15) is 0 Å². The van der Waals surface area contributed by atoms with Gasteiger partial charge in [0, 0.05) is 11.8 Å². The van der Waals surface area contributed by atoms with Crippen molar-refractivity contribution in [1.82, 2.24) is 15.0 Å². The van der Waals surface area contributed by atoms with Gasteiger partial charge in [0.1, 0.15) is 21.8 Å². The van der Waals surface area contributed by atoms with Gasteiger partial charge >= 0.3 is 0 Å². The number of aromatic nitrogens is 3. The van der Waals surface area contributed by atoms with Crippen molar-refractivity contribution in [2.45, 2.75) is 0 Å². The molecule has 1 N–H and O–H groups in total. The van der Waals surface area contributed by atoms with Crippen molar-refractivity contribution in [2.75, 3.05) is 12.4 Å². The van der Waals surface area contributed by atoms with Crippen LogP contribution in [-0.2, 0) is 0 Å². The van der Waals surface area contributed by atoms with E-state index in [-0.39, 0.29) is 5.91 Å². The molecule has 7 heteroatoms. The Labute approximate surface area is 153 Å². The van der Waals surface area contributed by atoms with Crippen molar-refractivity contribution in [2.24, 2.45) is 0 Å². The molecule has 0 saturated carbocycles. The third-order valence-electron chi connectivity index (χ3n) is 3.76. The van der Waals surface area contributed by atoms with Crippen molar-refractivity contribution >= 4 is 32.7 Å². The molecule has 4 aromatic rings. The second-order valence-corrected chi connectivity index (χ2v) is 6.39. The number of amides is 1. The average Bonchev–Trinajstić information content (AvgIpc) is 3.10. The molecule has 6 nitrogen and oxygen atoms in total. The molecule has 0 bridgehead atoms. The van der Waals surface area contributed by atoms with E-state index < -0.39 is 0 Å². The van der Waals surface area contributed by atoms with Crippen molar-refractivity contribution < 1.29 is 9.53 Å². The van der Waals surface area contributed by atoms with Gasteiger partial charge in [-0.05, 0) is 36.4 Å². The van der Waals surface area contributed by atoms with Crippen LogP contribution in [0.1, 0.15) is 10.5 Å².